The van der Waals surface area contributed by atoms with Gasteiger partial charge in [0.25, 0.3) is 5.91 Å². The number of fused-ring (bicyclic) bond motifs is 1. The third-order valence-electron chi connectivity index (χ3n) is 5.21. The van der Waals surface area contributed by atoms with E-state index in [2.05, 4.69) is 10.3 Å². The van der Waals surface area contributed by atoms with Crippen molar-refractivity contribution in [2.24, 2.45) is 0 Å². The van der Waals surface area contributed by atoms with E-state index in [1.165, 1.54) is 16.6 Å². The average Bonchev–Trinajstić information content (AvgIpc) is 3.36. The molecule has 0 bridgehead atoms. The van der Waals surface area contributed by atoms with Crippen LogP contribution in [-0.2, 0) is 21.2 Å². The van der Waals surface area contributed by atoms with Crippen LogP contribution in [0.15, 0.2) is 35.4 Å². The molecule has 1 aromatic carbocycles. The topological polar surface area (TPSA) is 110 Å². The molecule has 31 heavy (non-hydrogen) atoms. The summed E-state index contributed by atoms with van der Waals surface area (Å²) in [6.45, 7) is 5.91. The molecule has 2 aromatic rings. The van der Waals surface area contributed by atoms with Crippen LogP contribution in [-0.4, -0.2) is 68.7 Å². The Morgan fingerprint density at radius 1 is 1.29 bits per heavy atom. The van der Waals surface area contributed by atoms with E-state index in [1.54, 1.807) is 0 Å². The van der Waals surface area contributed by atoms with Crippen molar-refractivity contribution < 1.29 is 27.4 Å². The van der Waals surface area contributed by atoms with Crippen molar-refractivity contribution in [2.45, 2.75) is 30.8 Å². The second kappa shape index (κ2) is 8.52. The maximum absolute atomic E-state index is 12.7. The summed E-state index contributed by atoms with van der Waals surface area (Å²) >= 11 is 0. The summed E-state index contributed by atoms with van der Waals surface area (Å²) < 4.78 is 43.7. The van der Waals surface area contributed by atoms with Gasteiger partial charge in [0.2, 0.25) is 10.0 Å². The summed E-state index contributed by atoms with van der Waals surface area (Å²) in [6.07, 6.45) is 2.15. The number of aromatic nitrogens is 1. The average molecular weight is 450 g/mol. The molecule has 4 rings (SSSR count). The number of nitrogens with one attached hydrogen (secondary N) is 2. The van der Waals surface area contributed by atoms with E-state index in [1.807, 2.05) is 32.0 Å². The molecule has 0 atom stereocenters. The molecule has 9 nitrogen and oxygen atoms in total. The van der Waals surface area contributed by atoms with Crippen LogP contribution in [0.4, 0.5) is 0 Å². The van der Waals surface area contributed by atoms with Crippen molar-refractivity contribution in [1.82, 2.24) is 14.6 Å². The van der Waals surface area contributed by atoms with E-state index in [0.717, 1.165) is 17.7 Å². The molecule has 0 unspecified atom stereocenters. The van der Waals surface area contributed by atoms with Gasteiger partial charge < -0.3 is 24.5 Å². The minimum absolute atomic E-state index is 0.0652. The molecular formula is C21H27N3O6S. The maximum atomic E-state index is 12.7. The molecule has 1 amide bonds. The first-order valence-electron chi connectivity index (χ1n) is 10.2. The van der Waals surface area contributed by atoms with E-state index in [0.29, 0.717) is 32.1 Å². The molecule has 1 fully saturated rings. The molecule has 2 aliphatic heterocycles. The van der Waals surface area contributed by atoms with Gasteiger partial charge in [-0.15, -0.1) is 0 Å². The molecule has 0 radical (unpaired) electrons. The quantitative estimate of drug-likeness (QED) is 0.621. The Bertz CT molecular complexity index is 1060. The smallest absolute Gasteiger partial charge is 0.267 e. The van der Waals surface area contributed by atoms with Crippen molar-refractivity contribution >= 4 is 15.9 Å². The van der Waals surface area contributed by atoms with Crippen molar-refractivity contribution in [3.63, 3.8) is 0 Å². The lowest BCUT2D eigenvalue weighted by atomic mass is 10.0. The Morgan fingerprint density at radius 2 is 2.06 bits per heavy atom. The van der Waals surface area contributed by atoms with Gasteiger partial charge in [-0.1, -0.05) is 12.1 Å². The Kier molecular flexibility index (Phi) is 5.96. The fraction of sp³-hybridized carbons (Fsp3) is 0.476. The van der Waals surface area contributed by atoms with Crippen LogP contribution in [0, 0.1) is 0 Å². The molecule has 10 heteroatoms. The van der Waals surface area contributed by atoms with Gasteiger partial charge in [0.1, 0.15) is 22.8 Å². The van der Waals surface area contributed by atoms with Crippen molar-refractivity contribution in [3.05, 3.63) is 41.7 Å². The summed E-state index contributed by atoms with van der Waals surface area (Å²) in [5.74, 6) is 1.000. The number of aromatic amines is 1. The zero-order valence-corrected chi connectivity index (χ0v) is 18.5. The number of rotatable bonds is 7. The standard InChI is InChI=1S/C21H27N3O6S/c1-21(2)13-15-4-3-5-18(19(15)30-21)29-9-6-22-20(25)17-12-16(14-23-17)31(26,27)24-7-10-28-11-8-24/h3-5,12,14,23H,6-11,13H2,1-2H3,(H,22,25). The van der Waals surface area contributed by atoms with Crippen LogP contribution >= 0.6 is 0 Å². The number of nitrogens with zero attached hydrogens (tertiary/aromatic N) is 1. The highest BCUT2D eigenvalue weighted by atomic mass is 32.2. The first-order chi connectivity index (χ1) is 14.8. The highest BCUT2D eigenvalue weighted by molar-refractivity contribution is 7.89. The Balaban J connectivity index is 1.30. The van der Waals surface area contributed by atoms with Crippen molar-refractivity contribution in [3.8, 4) is 11.5 Å². The van der Waals surface area contributed by atoms with E-state index in [4.69, 9.17) is 14.2 Å². The number of carbonyl (C=O) groups is 1. The zero-order chi connectivity index (χ0) is 22.1. The second-order valence-corrected chi connectivity index (χ2v) is 10.1. The lowest BCUT2D eigenvalue weighted by molar-refractivity contribution is 0.0730. The van der Waals surface area contributed by atoms with Gasteiger partial charge >= 0.3 is 0 Å². The van der Waals surface area contributed by atoms with Crippen LogP contribution < -0.4 is 14.8 Å². The maximum Gasteiger partial charge on any atom is 0.267 e. The Hall–Kier alpha value is -2.56. The third-order valence-corrected chi connectivity index (χ3v) is 7.09. The lowest BCUT2D eigenvalue weighted by Gasteiger charge is -2.25. The lowest BCUT2D eigenvalue weighted by Crippen LogP contribution is -2.40. The van der Waals surface area contributed by atoms with Gasteiger partial charge in [-0.2, -0.15) is 4.31 Å². The fourth-order valence-electron chi connectivity index (χ4n) is 3.71. The van der Waals surface area contributed by atoms with E-state index >= 15 is 0 Å². The number of ether oxygens (including phenoxy) is 3. The first-order valence-corrected chi connectivity index (χ1v) is 11.7. The molecule has 3 heterocycles. The molecule has 1 aromatic heterocycles. The van der Waals surface area contributed by atoms with Gasteiger partial charge in [-0.25, -0.2) is 8.42 Å². The minimum atomic E-state index is -3.65. The van der Waals surface area contributed by atoms with E-state index < -0.39 is 15.9 Å². The highest BCUT2D eigenvalue weighted by Gasteiger charge is 2.32. The largest absolute Gasteiger partial charge is 0.488 e. The van der Waals surface area contributed by atoms with Gasteiger partial charge in [-0.05, 0) is 26.0 Å². The monoisotopic (exact) mass is 449 g/mol. The second-order valence-electron chi connectivity index (χ2n) is 8.15. The van der Waals surface area contributed by atoms with Gasteiger partial charge in [0, 0.05) is 31.3 Å². The summed E-state index contributed by atoms with van der Waals surface area (Å²) in [4.78, 5) is 15.2. The van der Waals surface area contributed by atoms with Crippen LogP contribution in [0.3, 0.4) is 0 Å². The summed E-state index contributed by atoms with van der Waals surface area (Å²) in [5, 5.41) is 2.73. The van der Waals surface area contributed by atoms with Crippen LogP contribution in [0.5, 0.6) is 11.5 Å². The number of hydrogen-bond acceptors (Lipinski definition) is 6. The number of benzene rings is 1. The number of sulfonamides is 1. The summed E-state index contributed by atoms with van der Waals surface area (Å²) in [6, 6.07) is 7.14. The summed E-state index contributed by atoms with van der Waals surface area (Å²) in [5.41, 5.74) is 1.02. The Labute approximate surface area is 181 Å². The van der Waals surface area contributed by atoms with Crippen LogP contribution in [0.1, 0.15) is 29.9 Å². The first kappa shape index (κ1) is 21.7. The SMILES string of the molecule is CC1(C)Cc2cccc(OCCNC(=O)c3cc(S(=O)(=O)N4CCOCC4)c[nH]3)c2O1. The van der Waals surface area contributed by atoms with Crippen molar-refractivity contribution in [2.75, 3.05) is 39.5 Å². The Morgan fingerprint density at radius 3 is 2.84 bits per heavy atom. The molecular weight excluding hydrogens is 422 g/mol. The molecule has 2 aliphatic rings. The molecule has 0 spiro atoms. The minimum Gasteiger partial charge on any atom is -0.488 e. The van der Waals surface area contributed by atoms with Gasteiger partial charge in [-0.3, -0.25) is 4.79 Å². The molecule has 168 valence electrons. The zero-order valence-electron chi connectivity index (χ0n) is 17.6. The van der Waals surface area contributed by atoms with Crippen molar-refractivity contribution in [1.29, 1.82) is 0 Å². The van der Waals surface area contributed by atoms with Gasteiger partial charge in [0.15, 0.2) is 11.5 Å². The summed E-state index contributed by atoms with van der Waals surface area (Å²) in [7, 11) is -3.65. The van der Waals surface area contributed by atoms with Crippen LogP contribution in [0.2, 0.25) is 0 Å². The predicted molar refractivity (Wildman–Crippen MR) is 113 cm³/mol. The van der Waals surface area contributed by atoms with E-state index in [-0.39, 0.29) is 29.3 Å². The normalized spacial score (nSPS) is 18.3. The van der Waals surface area contributed by atoms with E-state index in [9.17, 15) is 13.2 Å². The number of H-pyrrole nitrogens is 1. The predicted octanol–water partition coefficient (Wildman–Crippen LogP) is 1.56. The van der Waals surface area contributed by atoms with Gasteiger partial charge in [0.05, 0.1) is 19.8 Å². The number of hydrogen-bond donors (Lipinski definition) is 2. The number of morpholine rings is 1. The molecule has 0 saturated carbocycles. The fourth-order valence-corrected chi connectivity index (χ4v) is 5.11. The number of amides is 1. The number of para-hydroxylation sites is 1. The molecule has 2 N–H and O–H groups in total. The van der Waals surface area contributed by atoms with Crippen LogP contribution in [0.25, 0.3) is 0 Å². The number of carbonyl (C=O) groups excluding carboxylic acids is 1. The molecule has 0 aliphatic carbocycles. The molecule has 1 saturated heterocycles. The highest BCUT2D eigenvalue weighted by Crippen LogP contribution is 2.41. The third kappa shape index (κ3) is 4.70.